The van der Waals surface area contributed by atoms with E-state index in [1.54, 1.807) is 46.4 Å². The third-order valence-electron chi connectivity index (χ3n) is 5.09. The molecule has 0 radical (unpaired) electrons. The summed E-state index contributed by atoms with van der Waals surface area (Å²) in [6, 6.07) is 9.91. The maximum atomic E-state index is 12.6. The molecule has 0 saturated carbocycles. The predicted molar refractivity (Wildman–Crippen MR) is 157 cm³/mol. The molecular formula is C31H52N2O8. The van der Waals surface area contributed by atoms with Crippen molar-refractivity contribution < 1.29 is 38.1 Å². The van der Waals surface area contributed by atoms with Gasteiger partial charge in [-0.05, 0) is 67.9 Å². The molecule has 0 aliphatic rings. The van der Waals surface area contributed by atoms with Crippen LogP contribution >= 0.6 is 0 Å². The molecule has 0 unspecified atom stereocenters. The molecule has 0 bridgehead atoms. The third kappa shape index (κ3) is 20.9. The lowest BCUT2D eigenvalue weighted by Gasteiger charge is -2.29. The van der Waals surface area contributed by atoms with Crippen LogP contribution in [0.2, 0.25) is 0 Å². The van der Waals surface area contributed by atoms with Gasteiger partial charge in [-0.3, -0.25) is 24.2 Å². The van der Waals surface area contributed by atoms with Gasteiger partial charge in [-0.25, -0.2) is 0 Å². The number of ether oxygens (including phenoxy) is 5. The topological polar surface area (TPSA) is 104 Å². The fraction of sp³-hybridized carbons (Fsp3) is 0.710. The second-order valence-electron chi connectivity index (χ2n) is 12.9. The van der Waals surface area contributed by atoms with Crippen LogP contribution in [-0.4, -0.2) is 104 Å². The van der Waals surface area contributed by atoms with Crippen molar-refractivity contribution >= 4 is 17.9 Å². The van der Waals surface area contributed by atoms with E-state index in [9.17, 15) is 14.4 Å². The fourth-order valence-electron chi connectivity index (χ4n) is 3.61. The van der Waals surface area contributed by atoms with Gasteiger partial charge < -0.3 is 23.7 Å². The van der Waals surface area contributed by atoms with E-state index in [4.69, 9.17) is 23.7 Å². The molecule has 0 aromatic heterocycles. The maximum absolute atomic E-state index is 12.6. The summed E-state index contributed by atoms with van der Waals surface area (Å²) in [5.74, 6) is -1.26. The van der Waals surface area contributed by atoms with Crippen LogP contribution in [0.5, 0.6) is 0 Å². The van der Waals surface area contributed by atoms with Crippen molar-refractivity contribution in [1.29, 1.82) is 0 Å². The van der Waals surface area contributed by atoms with Crippen molar-refractivity contribution in [2.45, 2.75) is 85.7 Å². The van der Waals surface area contributed by atoms with Crippen LogP contribution in [0, 0.1) is 0 Å². The van der Waals surface area contributed by atoms with Gasteiger partial charge in [0.05, 0.1) is 46.1 Å². The highest BCUT2D eigenvalue weighted by Gasteiger charge is 2.25. The highest BCUT2D eigenvalue weighted by molar-refractivity contribution is 5.75. The second-order valence-corrected chi connectivity index (χ2v) is 12.9. The van der Waals surface area contributed by atoms with Crippen LogP contribution < -0.4 is 0 Å². The molecule has 10 nitrogen and oxygen atoms in total. The SMILES string of the molecule is CC(C)(C)OC(=O)CN(CCOCCOCc1ccccc1)CCN(CC(=O)OC(C)(C)C)CC(=O)OC(C)(C)C. The molecule has 1 aromatic carbocycles. The molecule has 0 spiro atoms. The molecule has 234 valence electrons. The van der Waals surface area contributed by atoms with Crippen molar-refractivity contribution in [1.82, 2.24) is 9.80 Å². The van der Waals surface area contributed by atoms with Crippen molar-refractivity contribution in [3.63, 3.8) is 0 Å². The van der Waals surface area contributed by atoms with Crippen molar-refractivity contribution in [3.05, 3.63) is 35.9 Å². The minimum atomic E-state index is -0.653. The normalized spacial score (nSPS) is 12.5. The number of hydrogen-bond acceptors (Lipinski definition) is 10. The van der Waals surface area contributed by atoms with E-state index in [1.807, 2.05) is 56.0 Å². The van der Waals surface area contributed by atoms with Crippen molar-refractivity contribution in [2.24, 2.45) is 0 Å². The first-order valence-electron chi connectivity index (χ1n) is 14.2. The molecule has 1 rings (SSSR count). The molecule has 41 heavy (non-hydrogen) atoms. The molecule has 0 saturated heterocycles. The Kier molecular flexibility index (Phi) is 15.5. The van der Waals surface area contributed by atoms with Gasteiger partial charge in [-0.2, -0.15) is 0 Å². The molecule has 0 aliphatic heterocycles. The molecule has 0 N–H and O–H groups in total. The predicted octanol–water partition coefficient (Wildman–Crippen LogP) is 3.85. The summed E-state index contributed by atoms with van der Waals surface area (Å²) in [4.78, 5) is 41.3. The van der Waals surface area contributed by atoms with Gasteiger partial charge in [-0.15, -0.1) is 0 Å². The van der Waals surface area contributed by atoms with Gasteiger partial charge in [0.2, 0.25) is 0 Å². The Morgan fingerprint density at radius 2 is 0.976 bits per heavy atom. The van der Waals surface area contributed by atoms with Gasteiger partial charge in [0, 0.05) is 19.6 Å². The summed E-state index contributed by atoms with van der Waals surface area (Å²) >= 11 is 0. The number of nitrogens with zero attached hydrogens (tertiary/aromatic N) is 2. The zero-order chi connectivity index (χ0) is 31.1. The van der Waals surface area contributed by atoms with Crippen molar-refractivity contribution in [2.75, 3.05) is 59.1 Å². The van der Waals surface area contributed by atoms with Gasteiger partial charge in [0.15, 0.2) is 0 Å². The zero-order valence-electron chi connectivity index (χ0n) is 26.6. The van der Waals surface area contributed by atoms with E-state index in [1.165, 1.54) is 0 Å². The van der Waals surface area contributed by atoms with Gasteiger partial charge in [0.25, 0.3) is 0 Å². The Hall–Kier alpha value is -2.53. The fourth-order valence-corrected chi connectivity index (χ4v) is 3.61. The standard InChI is InChI=1S/C31H52N2O8/c1-29(2,3)39-26(34)21-32(17-18-37-19-20-38-24-25-13-11-10-12-14-25)15-16-33(22-27(35)40-30(4,5)6)23-28(36)41-31(7,8)9/h10-14H,15-24H2,1-9H3. The Bertz CT molecular complexity index is 887. The molecule has 10 heteroatoms. The monoisotopic (exact) mass is 580 g/mol. The zero-order valence-corrected chi connectivity index (χ0v) is 26.6. The minimum Gasteiger partial charge on any atom is -0.459 e. The Labute approximate surface area is 246 Å². The number of rotatable bonds is 17. The lowest BCUT2D eigenvalue weighted by atomic mass is 10.2. The first-order chi connectivity index (χ1) is 18.9. The Morgan fingerprint density at radius 1 is 0.561 bits per heavy atom. The van der Waals surface area contributed by atoms with Crippen LogP contribution in [0.25, 0.3) is 0 Å². The van der Waals surface area contributed by atoms with Crippen LogP contribution in [0.15, 0.2) is 30.3 Å². The van der Waals surface area contributed by atoms with Crippen LogP contribution in [0.1, 0.15) is 67.9 Å². The average Bonchev–Trinajstić information content (AvgIpc) is 2.78. The summed E-state index contributed by atoms with van der Waals surface area (Å²) in [5.41, 5.74) is -0.827. The van der Waals surface area contributed by atoms with E-state index < -0.39 is 28.7 Å². The Balaban J connectivity index is 2.73. The molecule has 0 fully saturated rings. The molecule has 0 amide bonds. The number of benzene rings is 1. The Morgan fingerprint density at radius 3 is 1.44 bits per heavy atom. The first kappa shape index (κ1) is 36.5. The summed E-state index contributed by atoms with van der Waals surface area (Å²) in [6.45, 7) is 18.9. The first-order valence-corrected chi connectivity index (χ1v) is 14.2. The largest absolute Gasteiger partial charge is 0.459 e. The number of esters is 3. The molecule has 0 aliphatic carbocycles. The molecule has 1 aromatic rings. The molecule has 0 heterocycles. The number of carbonyl (C=O) groups is 3. The summed E-state index contributed by atoms with van der Waals surface area (Å²) in [6.07, 6.45) is 0. The van der Waals surface area contributed by atoms with Gasteiger partial charge >= 0.3 is 17.9 Å². The highest BCUT2D eigenvalue weighted by atomic mass is 16.6. The van der Waals surface area contributed by atoms with Crippen LogP contribution in [0.4, 0.5) is 0 Å². The van der Waals surface area contributed by atoms with E-state index in [-0.39, 0.29) is 25.6 Å². The molecular weight excluding hydrogens is 528 g/mol. The summed E-state index contributed by atoms with van der Waals surface area (Å²) in [7, 11) is 0. The maximum Gasteiger partial charge on any atom is 0.320 e. The van der Waals surface area contributed by atoms with E-state index in [0.717, 1.165) is 5.56 Å². The van der Waals surface area contributed by atoms with Crippen LogP contribution in [0.3, 0.4) is 0 Å². The smallest absolute Gasteiger partial charge is 0.320 e. The van der Waals surface area contributed by atoms with Crippen LogP contribution in [-0.2, 0) is 44.7 Å². The minimum absolute atomic E-state index is 0.0395. The van der Waals surface area contributed by atoms with E-state index in [0.29, 0.717) is 46.1 Å². The van der Waals surface area contributed by atoms with E-state index in [2.05, 4.69) is 0 Å². The number of hydrogen-bond donors (Lipinski definition) is 0. The highest BCUT2D eigenvalue weighted by Crippen LogP contribution is 2.11. The quantitative estimate of drug-likeness (QED) is 0.153. The lowest BCUT2D eigenvalue weighted by molar-refractivity contribution is -0.161. The van der Waals surface area contributed by atoms with Gasteiger partial charge in [0.1, 0.15) is 16.8 Å². The van der Waals surface area contributed by atoms with Gasteiger partial charge in [-0.1, -0.05) is 30.3 Å². The molecule has 0 atom stereocenters. The third-order valence-corrected chi connectivity index (χ3v) is 5.09. The van der Waals surface area contributed by atoms with Crippen molar-refractivity contribution in [3.8, 4) is 0 Å². The lowest BCUT2D eigenvalue weighted by Crippen LogP contribution is -2.45. The van der Waals surface area contributed by atoms with E-state index >= 15 is 0 Å². The summed E-state index contributed by atoms with van der Waals surface area (Å²) in [5, 5.41) is 0. The second kappa shape index (κ2) is 17.4. The average molecular weight is 581 g/mol. The summed E-state index contributed by atoms with van der Waals surface area (Å²) < 4.78 is 27.9. The number of carbonyl (C=O) groups excluding carboxylic acids is 3.